The van der Waals surface area contributed by atoms with E-state index in [2.05, 4.69) is 4.74 Å². The third-order valence-corrected chi connectivity index (χ3v) is 2.42. The Bertz CT molecular complexity index is 215. The zero-order valence-electron chi connectivity index (χ0n) is 7.16. The van der Waals surface area contributed by atoms with Gasteiger partial charge < -0.3 is 9.84 Å². The van der Waals surface area contributed by atoms with E-state index in [1.165, 1.54) is 14.0 Å². The average molecular weight is 172 g/mol. The maximum Gasteiger partial charge on any atom is 0.319 e. The molecule has 1 aliphatic carbocycles. The standard InChI is InChI=1S/C8H12O4/c1-5(9)8(7(11)12-2)3-6(10)4-8/h6,10H,3-4H2,1-2H3. The largest absolute Gasteiger partial charge is 0.468 e. The van der Waals surface area contributed by atoms with Crippen molar-refractivity contribution in [3.8, 4) is 0 Å². The fraction of sp³-hybridized carbons (Fsp3) is 0.750. The van der Waals surface area contributed by atoms with Gasteiger partial charge in [-0.3, -0.25) is 9.59 Å². The van der Waals surface area contributed by atoms with Crippen molar-refractivity contribution in [1.29, 1.82) is 0 Å². The number of ether oxygens (including phenoxy) is 1. The smallest absolute Gasteiger partial charge is 0.319 e. The van der Waals surface area contributed by atoms with Gasteiger partial charge in [0.2, 0.25) is 0 Å². The molecule has 1 fully saturated rings. The van der Waals surface area contributed by atoms with E-state index in [9.17, 15) is 9.59 Å². The summed E-state index contributed by atoms with van der Waals surface area (Å²) < 4.78 is 4.50. The molecule has 0 aromatic heterocycles. The summed E-state index contributed by atoms with van der Waals surface area (Å²) in [7, 11) is 1.25. The first-order valence-electron chi connectivity index (χ1n) is 3.80. The molecule has 68 valence electrons. The second kappa shape index (κ2) is 2.86. The van der Waals surface area contributed by atoms with Crippen molar-refractivity contribution < 1.29 is 19.4 Å². The highest BCUT2D eigenvalue weighted by atomic mass is 16.5. The van der Waals surface area contributed by atoms with E-state index in [4.69, 9.17) is 5.11 Å². The van der Waals surface area contributed by atoms with Gasteiger partial charge in [0.25, 0.3) is 0 Å². The summed E-state index contributed by atoms with van der Waals surface area (Å²) in [5.41, 5.74) is -1.05. The minimum Gasteiger partial charge on any atom is -0.468 e. The number of ketones is 1. The Morgan fingerprint density at radius 1 is 1.50 bits per heavy atom. The van der Waals surface area contributed by atoms with E-state index in [-0.39, 0.29) is 18.6 Å². The molecule has 0 spiro atoms. The van der Waals surface area contributed by atoms with Crippen molar-refractivity contribution in [2.24, 2.45) is 5.41 Å². The molecule has 0 atom stereocenters. The Hall–Kier alpha value is -0.900. The Balaban J connectivity index is 2.76. The van der Waals surface area contributed by atoms with Gasteiger partial charge in [0.15, 0.2) is 0 Å². The van der Waals surface area contributed by atoms with Crippen LogP contribution in [0.1, 0.15) is 19.8 Å². The lowest BCUT2D eigenvalue weighted by Crippen LogP contribution is -2.52. The number of hydrogen-bond acceptors (Lipinski definition) is 4. The zero-order valence-corrected chi connectivity index (χ0v) is 7.16. The number of methoxy groups -OCH3 is 1. The molecule has 0 heterocycles. The van der Waals surface area contributed by atoms with Gasteiger partial charge in [-0.05, 0) is 19.8 Å². The van der Waals surface area contributed by atoms with E-state index in [1.54, 1.807) is 0 Å². The lowest BCUT2D eigenvalue weighted by Gasteiger charge is -2.40. The van der Waals surface area contributed by atoms with Crippen LogP contribution in [0.5, 0.6) is 0 Å². The average Bonchev–Trinajstić information content (AvgIpc) is 1.96. The molecule has 1 aliphatic rings. The number of aliphatic hydroxyl groups excluding tert-OH is 1. The summed E-state index contributed by atoms with van der Waals surface area (Å²) in [6.45, 7) is 1.35. The molecule has 4 nitrogen and oxygen atoms in total. The predicted molar refractivity (Wildman–Crippen MR) is 40.4 cm³/mol. The molecule has 1 saturated carbocycles. The summed E-state index contributed by atoms with van der Waals surface area (Å²) in [5, 5.41) is 9.02. The van der Waals surface area contributed by atoms with Crippen LogP contribution in [-0.4, -0.2) is 30.1 Å². The lowest BCUT2D eigenvalue weighted by atomic mass is 9.64. The van der Waals surface area contributed by atoms with Crippen LogP contribution in [0.2, 0.25) is 0 Å². The van der Waals surface area contributed by atoms with Crippen molar-refractivity contribution in [3.05, 3.63) is 0 Å². The van der Waals surface area contributed by atoms with Crippen LogP contribution >= 0.6 is 0 Å². The first kappa shape index (κ1) is 9.19. The Morgan fingerprint density at radius 3 is 2.25 bits per heavy atom. The highest BCUT2D eigenvalue weighted by Crippen LogP contribution is 2.42. The third kappa shape index (κ3) is 1.12. The quantitative estimate of drug-likeness (QED) is 0.466. The molecule has 4 heteroatoms. The van der Waals surface area contributed by atoms with Gasteiger partial charge >= 0.3 is 5.97 Å². The normalized spacial score (nSPS) is 33.8. The van der Waals surface area contributed by atoms with Gasteiger partial charge in [-0.1, -0.05) is 0 Å². The molecule has 0 saturated heterocycles. The van der Waals surface area contributed by atoms with Gasteiger partial charge in [-0.25, -0.2) is 0 Å². The van der Waals surface area contributed by atoms with E-state index in [0.717, 1.165) is 0 Å². The highest BCUT2D eigenvalue weighted by Gasteiger charge is 2.54. The van der Waals surface area contributed by atoms with Crippen LogP contribution in [0, 0.1) is 5.41 Å². The number of esters is 1. The van der Waals surface area contributed by atoms with Gasteiger partial charge in [-0.2, -0.15) is 0 Å². The molecular formula is C8H12O4. The predicted octanol–water partition coefficient (Wildman–Crippen LogP) is -0.111. The number of aliphatic hydroxyl groups is 1. The second-order valence-corrected chi connectivity index (χ2v) is 3.19. The van der Waals surface area contributed by atoms with E-state index in [1.807, 2.05) is 0 Å². The highest BCUT2D eigenvalue weighted by molar-refractivity contribution is 6.03. The Morgan fingerprint density at radius 2 is 2.00 bits per heavy atom. The number of carbonyl (C=O) groups is 2. The minimum atomic E-state index is -1.05. The first-order valence-corrected chi connectivity index (χ1v) is 3.80. The van der Waals surface area contributed by atoms with Crippen LogP contribution in [0.3, 0.4) is 0 Å². The number of hydrogen-bond donors (Lipinski definition) is 1. The Labute approximate surface area is 70.5 Å². The number of Topliss-reactive ketones (excluding diaryl/α,β-unsaturated/α-hetero) is 1. The van der Waals surface area contributed by atoms with Crippen molar-refractivity contribution in [2.75, 3.05) is 7.11 Å². The summed E-state index contributed by atoms with van der Waals surface area (Å²) >= 11 is 0. The molecular weight excluding hydrogens is 160 g/mol. The molecule has 1 N–H and O–H groups in total. The SMILES string of the molecule is COC(=O)C1(C(C)=O)CC(O)C1. The van der Waals surface area contributed by atoms with E-state index >= 15 is 0 Å². The van der Waals surface area contributed by atoms with E-state index in [0.29, 0.717) is 0 Å². The van der Waals surface area contributed by atoms with Crippen molar-refractivity contribution in [3.63, 3.8) is 0 Å². The molecule has 0 radical (unpaired) electrons. The van der Waals surface area contributed by atoms with Crippen LogP contribution in [-0.2, 0) is 14.3 Å². The van der Waals surface area contributed by atoms with Gasteiger partial charge in [0.05, 0.1) is 13.2 Å². The molecule has 0 unspecified atom stereocenters. The van der Waals surface area contributed by atoms with Crippen molar-refractivity contribution in [2.45, 2.75) is 25.9 Å². The lowest BCUT2D eigenvalue weighted by molar-refractivity contribution is -0.171. The summed E-state index contributed by atoms with van der Waals surface area (Å²) in [5.74, 6) is -0.750. The first-order chi connectivity index (χ1) is 5.53. The van der Waals surface area contributed by atoms with Gasteiger partial charge in [-0.15, -0.1) is 0 Å². The minimum absolute atomic E-state index is 0.203. The zero-order chi connectivity index (χ0) is 9.35. The van der Waals surface area contributed by atoms with Crippen molar-refractivity contribution >= 4 is 11.8 Å². The molecule has 0 bridgehead atoms. The van der Waals surface area contributed by atoms with Crippen LogP contribution in [0.4, 0.5) is 0 Å². The fourth-order valence-electron chi connectivity index (χ4n) is 1.54. The molecule has 0 aromatic carbocycles. The maximum absolute atomic E-state index is 11.1. The third-order valence-electron chi connectivity index (χ3n) is 2.42. The van der Waals surface area contributed by atoms with Crippen LogP contribution < -0.4 is 0 Å². The topological polar surface area (TPSA) is 63.6 Å². The monoisotopic (exact) mass is 172 g/mol. The van der Waals surface area contributed by atoms with E-state index < -0.39 is 17.5 Å². The number of rotatable bonds is 2. The maximum atomic E-state index is 11.1. The summed E-state index contributed by atoms with van der Waals surface area (Å²) in [6.07, 6.45) is -0.128. The second-order valence-electron chi connectivity index (χ2n) is 3.19. The Kier molecular flexibility index (Phi) is 2.19. The molecule has 12 heavy (non-hydrogen) atoms. The van der Waals surface area contributed by atoms with Crippen LogP contribution in [0.25, 0.3) is 0 Å². The van der Waals surface area contributed by atoms with Gasteiger partial charge in [0.1, 0.15) is 11.2 Å². The summed E-state index contributed by atoms with van der Waals surface area (Å²) in [4.78, 5) is 22.2. The van der Waals surface area contributed by atoms with Gasteiger partial charge in [0, 0.05) is 0 Å². The molecule has 0 aromatic rings. The number of carbonyl (C=O) groups excluding carboxylic acids is 2. The fourth-order valence-corrected chi connectivity index (χ4v) is 1.54. The molecule has 0 amide bonds. The molecule has 0 aliphatic heterocycles. The van der Waals surface area contributed by atoms with Crippen molar-refractivity contribution in [1.82, 2.24) is 0 Å². The molecule has 1 rings (SSSR count). The summed E-state index contributed by atoms with van der Waals surface area (Å²) in [6, 6.07) is 0. The van der Waals surface area contributed by atoms with Crippen LogP contribution in [0.15, 0.2) is 0 Å².